The standard InChI is InChI=1S/C20H24N2O5S/c1-5-27-18-9-7-16(12-19(18)26-3)21-20(23)14-6-8-17-15(11-14)10-13(2)22(17)28(4,24)25/h6-9,11-13H,5,10H2,1-4H3,(H,21,23)/t13-/m0/s1. The number of benzene rings is 2. The summed E-state index contributed by atoms with van der Waals surface area (Å²) in [7, 11) is -1.82. The van der Waals surface area contributed by atoms with Gasteiger partial charge in [0.05, 0.1) is 25.7 Å². The summed E-state index contributed by atoms with van der Waals surface area (Å²) in [6.45, 7) is 4.25. The molecule has 8 heteroatoms. The van der Waals surface area contributed by atoms with Gasteiger partial charge in [-0.15, -0.1) is 0 Å². The molecule has 1 N–H and O–H groups in total. The quantitative estimate of drug-likeness (QED) is 0.800. The highest BCUT2D eigenvalue weighted by atomic mass is 32.2. The minimum atomic E-state index is -3.36. The summed E-state index contributed by atoms with van der Waals surface area (Å²) in [6.07, 6.45) is 1.76. The maximum atomic E-state index is 12.7. The fourth-order valence-corrected chi connectivity index (χ4v) is 4.74. The summed E-state index contributed by atoms with van der Waals surface area (Å²) in [4.78, 5) is 12.7. The predicted molar refractivity (Wildman–Crippen MR) is 109 cm³/mol. The Kier molecular flexibility index (Phi) is 5.51. The average molecular weight is 404 g/mol. The van der Waals surface area contributed by atoms with Gasteiger partial charge in [-0.25, -0.2) is 8.42 Å². The van der Waals surface area contributed by atoms with Crippen LogP contribution in [0.5, 0.6) is 11.5 Å². The molecule has 0 bridgehead atoms. The lowest BCUT2D eigenvalue weighted by molar-refractivity contribution is 0.102. The largest absolute Gasteiger partial charge is 0.493 e. The van der Waals surface area contributed by atoms with Gasteiger partial charge in [-0.1, -0.05) is 0 Å². The van der Waals surface area contributed by atoms with Gasteiger partial charge in [0.1, 0.15) is 0 Å². The number of ether oxygens (including phenoxy) is 2. The molecule has 0 radical (unpaired) electrons. The van der Waals surface area contributed by atoms with Crippen LogP contribution in [0.2, 0.25) is 0 Å². The molecule has 0 spiro atoms. The van der Waals surface area contributed by atoms with Crippen LogP contribution in [-0.2, 0) is 16.4 Å². The molecule has 2 aromatic carbocycles. The summed E-state index contributed by atoms with van der Waals surface area (Å²) in [5, 5.41) is 2.84. The molecule has 1 aliphatic rings. The third-order valence-electron chi connectivity index (χ3n) is 4.57. The van der Waals surface area contributed by atoms with E-state index < -0.39 is 10.0 Å². The number of fused-ring (bicyclic) bond motifs is 1. The zero-order chi connectivity index (χ0) is 20.5. The van der Waals surface area contributed by atoms with E-state index in [0.717, 1.165) is 5.56 Å². The van der Waals surface area contributed by atoms with Gasteiger partial charge in [-0.2, -0.15) is 0 Å². The van der Waals surface area contributed by atoms with Crippen molar-refractivity contribution in [1.29, 1.82) is 0 Å². The molecule has 150 valence electrons. The van der Waals surface area contributed by atoms with Crippen LogP contribution < -0.4 is 19.1 Å². The molecule has 1 atom stereocenters. The topological polar surface area (TPSA) is 84.9 Å². The van der Waals surface area contributed by atoms with Crippen LogP contribution in [0.3, 0.4) is 0 Å². The second-order valence-corrected chi connectivity index (χ2v) is 8.57. The van der Waals surface area contributed by atoms with Gasteiger partial charge < -0.3 is 14.8 Å². The minimum Gasteiger partial charge on any atom is -0.493 e. The van der Waals surface area contributed by atoms with Crippen molar-refractivity contribution >= 4 is 27.3 Å². The van der Waals surface area contributed by atoms with Gasteiger partial charge in [0, 0.05) is 23.4 Å². The van der Waals surface area contributed by atoms with E-state index in [9.17, 15) is 13.2 Å². The number of nitrogens with one attached hydrogen (secondary N) is 1. The van der Waals surface area contributed by atoms with Crippen molar-refractivity contribution in [3.63, 3.8) is 0 Å². The van der Waals surface area contributed by atoms with Gasteiger partial charge in [0.2, 0.25) is 10.0 Å². The van der Waals surface area contributed by atoms with Gasteiger partial charge in [0.15, 0.2) is 11.5 Å². The van der Waals surface area contributed by atoms with Crippen molar-refractivity contribution in [3.8, 4) is 11.5 Å². The molecule has 0 fully saturated rings. The first-order chi connectivity index (χ1) is 13.2. The Morgan fingerprint density at radius 1 is 1.21 bits per heavy atom. The Morgan fingerprint density at radius 2 is 1.96 bits per heavy atom. The number of anilines is 2. The van der Waals surface area contributed by atoms with E-state index in [1.807, 2.05) is 13.8 Å². The number of rotatable bonds is 6. The van der Waals surface area contributed by atoms with Gasteiger partial charge >= 0.3 is 0 Å². The zero-order valence-corrected chi connectivity index (χ0v) is 17.2. The van der Waals surface area contributed by atoms with Crippen LogP contribution in [0.25, 0.3) is 0 Å². The molecule has 0 aromatic heterocycles. The number of methoxy groups -OCH3 is 1. The number of carbonyl (C=O) groups excluding carboxylic acids is 1. The molecule has 1 heterocycles. The lowest BCUT2D eigenvalue weighted by Gasteiger charge is -2.21. The average Bonchev–Trinajstić information content (AvgIpc) is 2.98. The van der Waals surface area contributed by atoms with Crippen molar-refractivity contribution in [2.45, 2.75) is 26.3 Å². The maximum Gasteiger partial charge on any atom is 0.255 e. The maximum absolute atomic E-state index is 12.7. The number of carbonyl (C=O) groups is 1. The second kappa shape index (κ2) is 7.71. The van der Waals surface area contributed by atoms with Crippen molar-refractivity contribution in [2.24, 2.45) is 0 Å². The van der Waals surface area contributed by atoms with Crippen LogP contribution in [0.1, 0.15) is 29.8 Å². The van der Waals surface area contributed by atoms with E-state index in [0.29, 0.717) is 41.5 Å². The number of hydrogen-bond acceptors (Lipinski definition) is 5. The fraction of sp³-hybridized carbons (Fsp3) is 0.350. The molecule has 7 nitrogen and oxygen atoms in total. The molecule has 0 saturated carbocycles. The molecular weight excluding hydrogens is 380 g/mol. The van der Waals surface area contributed by atoms with E-state index in [-0.39, 0.29) is 11.9 Å². The molecule has 1 amide bonds. The lowest BCUT2D eigenvalue weighted by Crippen LogP contribution is -2.34. The van der Waals surface area contributed by atoms with Crippen LogP contribution >= 0.6 is 0 Å². The Balaban J connectivity index is 1.82. The van der Waals surface area contributed by atoms with E-state index in [1.165, 1.54) is 10.6 Å². The highest BCUT2D eigenvalue weighted by molar-refractivity contribution is 7.92. The molecular formula is C20H24N2O5S. The van der Waals surface area contributed by atoms with Crippen molar-refractivity contribution in [3.05, 3.63) is 47.5 Å². The number of amides is 1. The van der Waals surface area contributed by atoms with Crippen molar-refractivity contribution in [2.75, 3.05) is 29.6 Å². The smallest absolute Gasteiger partial charge is 0.255 e. The molecule has 0 unspecified atom stereocenters. The highest BCUT2D eigenvalue weighted by Crippen LogP contribution is 2.35. The number of hydrogen-bond donors (Lipinski definition) is 1. The Labute approximate surface area is 165 Å². The molecule has 3 rings (SSSR count). The van der Waals surface area contributed by atoms with Gasteiger partial charge in [-0.05, 0) is 56.2 Å². The van der Waals surface area contributed by atoms with Crippen molar-refractivity contribution in [1.82, 2.24) is 0 Å². The molecule has 1 aliphatic heterocycles. The number of nitrogens with zero attached hydrogens (tertiary/aromatic N) is 1. The zero-order valence-electron chi connectivity index (χ0n) is 16.4. The van der Waals surface area contributed by atoms with Crippen molar-refractivity contribution < 1.29 is 22.7 Å². The van der Waals surface area contributed by atoms with Crippen LogP contribution in [0.4, 0.5) is 11.4 Å². The molecule has 0 saturated heterocycles. The summed E-state index contributed by atoms with van der Waals surface area (Å²) in [5.74, 6) is 0.862. The highest BCUT2D eigenvalue weighted by Gasteiger charge is 2.32. The molecule has 0 aliphatic carbocycles. The SMILES string of the molecule is CCOc1ccc(NC(=O)c2ccc3c(c2)C[C@H](C)N3S(C)(=O)=O)cc1OC. The Morgan fingerprint density at radius 3 is 2.61 bits per heavy atom. The Hall–Kier alpha value is -2.74. The van der Waals surface area contributed by atoms with E-state index in [1.54, 1.807) is 43.5 Å². The second-order valence-electron chi connectivity index (χ2n) is 6.71. The van der Waals surface area contributed by atoms with Crippen LogP contribution in [0, 0.1) is 0 Å². The summed E-state index contributed by atoms with van der Waals surface area (Å²) >= 11 is 0. The van der Waals surface area contributed by atoms with E-state index >= 15 is 0 Å². The first-order valence-corrected chi connectivity index (χ1v) is 10.8. The van der Waals surface area contributed by atoms with E-state index in [4.69, 9.17) is 9.47 Å². The van der Waals surface area contributed by atoms with Gasteiger partial charge in [-0.3, -0.25) is 9.10 Å². The molecule has 28 heavy (non-hydrogen) atoms. The normalized spacial score (nSPS) is 15.9. The first kappa shape index (κ1) is 20.0. The molecule has 2 aromatic rings. The minimum absolute atomic E-state index is 0.168. The van der Waals surface area contributed by atoms with Gasteiger partial charge in [0.25, 0.3) is 5.91 Å². The Bertz CT molecular complexity index is 1000. The summed E-state index contributed by atoms with van der Waals surface area (Å²) in [6, 6.07) is 10.1. The third kappa shape index (κ3) is 3.91. The van der Waals surface area contributed by atoms with Crippen LogP contribution in [-0.4, -0.2) is 40.3 Å². The number of sulfonamides is 1. The predicted octanol–water partition coefficient (Wildman–Crippen LogP) is 3.06. The first-order valence-electron chi connectivity index (χ1n) is 8.99. The van der Waals surface area contributed by atoms with Crippen LogP contribution in [0.15, 0.2) is 36.4 Å². The third-order valence-corrected chi connectivity index (χ3v) is 5.84. The lowest BCUT2D eigenvalue weighted by atomic mass is 10.1. The van der Waals surface area contributed by atoms with E-state index in [2.05, 4.69) is 5.32 Å². The fourth-order valence-electron chi connectivity index (χ4n) is 3.47. The summed E-state index contributed by atoms with van der Waals surface area (Å²) in [5.41, 5.74) is 2.52. The monoisotopic (exact) mass is 404 g/mol. The summed E-state index contributed by atoms with van der Waals surface area (Å²) < 4.78 is 36.2.